The van der Waals surface area contributed by atoms with Gasteiger partial charge in [0.25, 0.3) is 0 Å². The van der Waals surface area contributed by atoms with Gasteiger partial charge in [-0.2, -0.15) is 0 Å². The molecule has 0 amide bonds. The lowest BCUT2D eigenvalue weighted by Crippen LogP contribution is -2.33. The Labute approximate surface area is 128 Å². The minimum absolute atomic E-state index is 0.334. The van der Waals surface area contributed by atoms with Crippen molar-refractivity contribution in [3.05, 3.63) is 23.3 Å². The minimum atomic E-state index is 0.334. The van der Waals surface area contributed by atoms with Crippen molar-refractivity contribution in [3.8, 4) is 0 Å². The second-order valence-corrected chi connectivity index (χ2v) is 8.30. The second kappa shape index (κ2) is 4.77. The summed E-state index contributed by atoms with van der Waals surface area (Å²) in [6.07, 6.45) is 10.0. The zero-order chi connectivity index (χ0) is 14.6. The maximum atomic E-state index is 5.06. The normalized spacial score (nSPS) is 36.7. The van der Waals surface area contributed by atoms with Crippen LogP contribution in [0.25, 0.3) is 0 Å². The zero-order valence-electron chi connectivity index (χ0n) is 13.5. The van der Waals surface area contributed by atoms with Crippen molar-refractivity contribution in [2.24, 2.45) is 17.3 Å². The Kier molecular flexibility index (Phi) is 3.11. The number of fused-ring (bicyclic) bond motifs is 3. The molecule has 4 atom stereocenters. The van der Waals surface area contributed by atoms with E-state index in [1.165, 1.54) is 43.4 Å². The van der Waals surface area contributed by atoms with Crippen molar-refractivity contribution in [3.63, 3.8) is 0 Å². The maximum Gasteiger partial charge on any atom is 0.131 e. The van der Waals surface area contributed by atoms with E-state index in [0.717, 1.165) is 24.1 Å². The molecule has 3 nitrogen and oxygen atoms in total. The average molecular weight is 285 g/mol. The van der Waals surface area contributed by atoms with Crippen LogP contribution in [0.2, 0.25) is 0 Å². The van der Waals surface area contributed by atoms with E-state index in [2.05, 4.69) is 32.4 Å². The summed E-state index contributed by atoms with van der Waals surface area (Å²) in [5.74, 6) is 3.62. The molecule has 0 aliphatic heterocycles. The van der Waals surface area contributed by atoms with E-state index in [4.69, 9.17) is 9.97 Å². The summed E-state index contributed by atoms with van der Waals surface area (Å²) in [7, 11) is 2.06. The predicted octanol–water partition coefficient (Wildman–Crippen LogP) is 3.61. The van der Waals surface area contributed by atoms with Crippen LogP contribution < -0.4 is 5.32 Å². The molecule has 2 bridgehead atoms. The standard InChI is InChI=1S/C18H27N3/c1-18(2)8-15(19-3)14-10-20-17(21-16(14)9-18)13-7-11-4-5-12(13)6-11/h10-13,15,19H,4-9H2,1-3H3. The van der Waals surface area contributed by atoms with Crippen molar-refractivity contribution in [1.82, 2.24) is 15.3 Å². The average Bonchev–Trinajstić information content (AvgIpc) is 3.07. The number of hydrogen-bond donors (Lipinski definition) is 1. The zero-order valence-corrected chi connectivity index (χ0v) is 13.5. The van der Waals surface area contributed by atoms with Crippen LogP contribution >= 0.6 is 0 Å². The van der Waals surface area contributed by atoms with Crippen molar-refractivity contribution < 1.29 is 0 Å². The molecular weight excluding hydrogens is 258 g/mol. The first-order chi connectivity index (χ1) is 10.1. The van der Waals surface area contributed by atoms with E-state index in [-0.39, 0.29) is 0 Å². The van der Waals surface area contributed by atoms with E-state index >= 15 is 0 Å². The van der Waals surface area contributed by atoms with Gasteiger partial charge in [-0.3, -0.25) is 0 Å². The highest BCUT2D eigenvalue weighted by atomic mass is 14.9. The second-order valence-electron chi connectivity index (χ2n) is 8.30. The van der Waals surface area contributed by atoms with Gasteiger partial charge in [-0.15, -0.1) is 0 Å². The molecule has 3 aliphatic carbocycles. The van der Waals surface area contributed by atoms with Crippen molar-refractivity contribution in [1.29, 1.82) is 0 Å². The van der Waals surface area contributed by atoms with Gasteiger partial charge in [0, 0.05) is 29.4 Å². The Hall–Kier alpha value is -0.960. The molecule has 1 aromatic heterocycles. The molecule has 4 unspecified atom stereocenters. The van der Waals surface area contributed by atoms with Gasteiger partial charge in [-0.1, -0.05) is 20.3 Å². The Bertz CT molecular complexity index is 551. The van der Waals surface area contributed by atoms with Crippen molar-refractivity contribution in [2.45, 2.75) is 64.3 Å². The molecule has 0 spiro atoms. The molecule has 1 N–H and O–H groups in total. The molecule has 0 aromatic carbocycles. The molecule has 1 aromatic rings. The molecule has 1 heterocycles. The Morgan fingerprint density at radius 3 is 2.76 bits per heavy atom. The van der Waals surface area contributed by atoms with E-state index in [1.807, 2.05) is 0 Å². The smallest absolute Gasteiger partial charge is 0.131 e. The predicted molar refractivity (Wildman–Crippen MR) is 84.1 cm³/mol. The van der Waals surface area contributed by atoms with Gasteiger partial charge < -0.3 is 5.32 Å². The van der Waals surface area contributed by atoms with E-state index in [0.29, 0.717) is 17.4 Å². The number of aromatic nitrogens is 2. The van der Waals surface area contributed by atoms with E-state index in [9.17, 15) is 0 Å². The monoisotopic (exact) mass is 285 g/mol. The summed E-state index contributed by atoms with van der Waals surface area (Å²) < 4.78 is 0. The number of hydrogen-bond acceptors (Lipinski definition) is 3. The number of nitrogens with one attached hydrogen (secondary N) is 1. The van der Waals surface area contributed by atoms with Crippen LogP contribution in [0.15, 0.2) is 6.20 Å². The summed E-state index contributed by atoms with van der Waals surface area (Å²) in [5.41, 5.74) is 2.98. The third-order valence-electron chi connectivity index (χ3n) is 6.11. The van der Waals surface area contributed by atoms with Gasteiger partial charge in [0.05, 0.1) is 0 Å². The lowest BCUT2D eigenvalue weighted by molar-refractivity contribution is 0.258. The lowest BCUT2D eigenvalue weighted by atomic mass is 9.74. The summed E-state index contributed by atoms with van der Waals surface area (Å²) in [4.78, 5) is 9.84. The van der Waals surface area contributed by atoms with Gasteiger partial charge in [0.1, 0.15) is 5.82 Å². The third-order valence-corrected chi connectivity index (χ3v) is 6.11. The topological polar surface area (TPSA) is 37.8 Å². The quantitative estimate of drug-likeness (QED) is 0.902. The van der Waals surface area contributed by atoms with Crippen LogP contribution in [0.3, 0.4) is 0 Å². The van der Waals surface area contributed by atoms with Gasteiger partial charge in [-0.25, -0.2) is 9.97 Å². The van der Waals surface area contributed by atoms with Crippen LogP contribution in [0.1, 0.15) is 75.0 Å². The molecule has 0 saturated heterocycles. The summed E-state index contributed by atoms with van der Waals surface area (Å²) in [6.45, 7) is 4.72. The van der Waals surface area contributed by atoms with Crippen LogP contribution in [0.5, 0.6) is 0 Å². The highest BCUT2D eigenvalue weighted by Crippen LogP contribution is 2.52. The van der Waals surface area contributed by atoms with Gasteiger partial charge in [-0.05, 0) is 56.4 Å². The van der Waals surface area contributed by atoms with E-state index in [1.54, 1.807) is 0 Å². The summed E-state index contributed by atoms with van der Waals surface area (Å²) >= 11 is 0. The first-order valence-electron chi connectivity index (χ1n) is 8.59. The van der Waals surface area contributed by atoms with Crippen molar-refractivity contribution >= 4 is 0 Å². The van der Waals surface area contributed by atoms with Crippen LogP contribution in [-0.4, -0.2) is 17.0 Å². The molecule has 114 valence electrons. The lowest BCUT2D eigenvalue weighted by Gasteiger charge is -2.36. The Balaban J connectivity index is 1.67. The summed E-state index contributed by atoms with van der Waals surface area (Å²) in [6, 6.07) is 0.415. The molecular formula is C18H27N3. The van der Waals surface area contributed by atoms with Crippen LogP contribution in [-0.2, 0) is 6.42 Å². The number of nitrogens with zero attached hydrogens (tertiary/aromatic N) is 2. The minimum Gasteiger partial charge on any atom is -0.313 e. The molecule has 4 rings (SSSR count). The molecule has 0 radical (unpaired) electrons. The Morgan fingerprint density at radius 2 is 2.10 bits per heavy atom. The SMILES string of the molecule is CNC1CC(C)(C)Cc2nc(C3CC4CCC3C4)ncc21. The fourth-order valence-corrected chi connectivity index (χ4v) is 5.06. The molecule has 2 saturated carbocycles. The molecule has 21 heavy (non-hydrogen) atoms. The molecule has 3 heteroatoms. The van der Waals surface area contributed by atoms with Crippen molar-refractivity contribution in [2.75, 3.05) is 7.05 Å². The highest BCUT2D eigenvalue weighted by molar-refractivity contribution is 5.27. The maximum absolute atomic E-state index is 5.06. The molecule has 2 fully saturated rings. The fourth-order valence-electron chi connectivity index (χ4n) is 5.06. The largest absolute Gasteiger partial charge is 0.313 e. The summed E-state index contributed by atoms with van der Waals surface area (Å²) in [5, 5.41) is 3.45. The van der Waals surface area contributed by atoms with E-state index < -0.39 is 0 Å². The van der Waals surface area contributed by atoms with Crippen LogP contribution in [0.4, 0.5) is 0 Å². The van der Waals surface area contributed by atoms with Gasteiger partial charge in [0.2, 0.25) is 0 Å². The third kappa shape index (κ3) is 2.30. The van der Waals surface area contributed by atoms with Crippen LogP contribution in [0, 0.1) is 17.3 Å². The first kappa shape index (κ1) is 13.7. The molecule has 3 aliphatic rings. The highest BCUT2D eigenvalue weighted by Gasteiger charge is 2.42. The van der Waals surface area contributed by atoms with Gasteiger partial charge in [0.15, 0.2) is 0 Å². The number of rotatable bonds is 2. The first-order valence-corrected chi connectivity index (χ1v) is 8.59. The van der Waals surface area contributed by atoms with Gasteiger partial charge >= 0.3 is 0 Å². The fraction of sp³-hybridized carbons (Fsp3) is 0.778. The Morgan fingerprint density at radius 1 is 1.24 bits per heavy atom.